The number of carbonyl (C=O) groups excluding carboxylic acids is 1. The van der Waals surface area contributed by atoms with Crippen LogP contribution in [0.3, 0.4) is 0 Å². The van der Waals surface area contributed by atoms with Crippen LogP contribution in [0.4, 0.5) is 4.39 Å². The zero-order valence-corrected chi connectivity index (χ0v) is 16.0. The number of Topliss-reactive ketones (excluding diaryl/α,β-unsaturated/α-hetero) is 1. The van der Waals surface area contributed by atoms with Gasteiger partial charge in [-0.2, -0.15) is 15.3 Å². The highest BCUT2D eigenvalue weighted by Gasteiger charge is 2.25. The molecule has 28 heavy (non-hydrogen) atoms. The highest BCUT2D eigenvalue weighted by atomic mass is 19.1. The van der Waals surface area contributed by atoms with Gasteiger partial charge in [0.15, 0.2) is 0 Å². The molecule has 0 spiro atoms. The number of ketones is 1. The van der Waals surface area contributed by atoms with Crippen molar-refractivity contribution in [2.75, 3.05) is 26.3 Å². The van der Waals surface area contributed by atoms with E-state index in [0.717, 1.165) is 48.0 Å². The number of benzene rings is 1. The summed E-state index contributed by atoms with van der Waals surface area (Å²) in [6, 6.07) is 7.96. The lowest BCUT2D eigenvalue weighted by Gasteiger charge is -2.30. The summed E-state index contributed by atoms with van der Waals surface area (Å²) >= 11 is 0. The van der Waals surface area contributed by atoms with Gasteiger partial charge in [0.25, 0.3) is 0 Å². The number of hydrogen-bond donors (Lipinski definition) is 0. The summed E-state index contributed by atoms with van der Waals surface area (Å²) in [4.78, 5) is 14.8. The fourth-order valence-corrected chi connectivity index (χ4v) is 3.84. The third-order valence-corrected chi connectivity index (χ3v) is 5.47. The molecule has 1 aliphatic heterocycles. The first-order chi connectivity index (χ1) is 13.6. The molecular formula is C21H24FN5O. The van der Waals surface area contributed by atoms with Gasteiger partial charge < -0.3 is 4.90 Å². The van der Waals surface area contributed by atoms with Crippen molar-refractivity contribution >= 4 is 16.7 Å². The first-order valence-corrected chi connectivity index (χ1v) is 9.69. The zero-order chi connectivity index (χ0) is 19.5. The summed E-state index contributed by atoms with van der Waals surface area (Å²) in [7, 11) is 1.89. The lowest BCUT2D eigenvalue weighted by atomic mass is 9.90. The molecule has 0 radical (unpaired) electrons. The van der Waals surface area contributed by atoms with Crippen LogP contribution in [0.25, 0.3) is 22.0 Å². The van der Waals surface area contributed by atoms with E-state index in [-0.39, 0.29) is 18.4 Å². The molecule has 0 atom stereocenters. The maximum atomic E-state index is 12.7. The number of rotatable bonds is 6. The minimum atomic E-state index is -0.327. The van der Waals surface area contributed by atoms with Gasteiger partial charge in [-0.25, -0.2) is 4.39 Å². The van der Waals surface area contributed by atoms with Crippen LogP contribution in [0, 0.1) is 5.92 Å². The van der Waals surface area contributed by atoms with E-state index >= 15 is 0 Å². The Bertz CT molecular complexity index is 978. The number of aryl methyl sites for hydroxylation is 1. The molecular weight excluding hydrogens is 357 g/mol. The third-order valence-electron chi connectivity index (χ3n) is 5.47. The number of piperidine rings is 1. The Morgan fingerprint density at radius 2 is 2.00 bits per heavy atom. The van der Waals surface area contributed by atoms with E-state index < -0.39 is 0 Å². The number of aromatic nitrogens is 4. The van der Waals surface area contributed by atoms with Crippen LogP contribution in [-0.4, -0.2) is 57.0 Å². The number of fused-ring (bicyclic) bond motifs is 1. The number of alkyl halides is 1. The summed E-state index contributed by atoms with van der Waals surface area (Å²) in [5.41, 5.74) is 3.61. The smallest absolute Gasteiger partial charge is 0.142 e. The molecule has 0 N–H and O–H groups in total. The van der Waals surface area contributed by atoms with Gasteiger partial charge in [-0.1, -0.05) is 6.07 Å². The molecule has 3 heterocycles. The molecule has 146 valence electrons. The van der Waals surface area contributed by atoms with Crippen molar-refractivity contribution in [2.24, 2.45) is 13.0 Å². The largest absolute Gasteiger partial charge is 0.301 e. The Morgan fingerprint density at radius 3 is 2.71 bits per heavy atom. The molecule has 0 amide bonds. The Hall–Kier alpha value is -2.67. The number of likely N-dealkylation sites (tertiary alicyclic amines) is 1. The second-order valence-electron chi connectivity index (χ2n) is 7.46. The van der Waals surface area contributed by atoms with Crippen LogP contribution in [-0.2, 0) is 18.3 Å². The highest BCUT2D eigenvalue weighted by molar-refractivity contribution is 5.86. The van der Waals surface area contributed by atoms with Gasteiger partial charge in [-0.3, -0.25) is 9.48 Å². The van der Waals surface area contributed by atoms with Gasteiger partial charge in [0, 0.05) is 36.7 Å². The van der Waals surface area contributed by atoms with E-state index in [4.69, 9.17) is 0 Å². The predicted molar refractivity (Wildman–Crippen MR) is 106 cm³/mol. The standard InChI is InChI=1S/C21H24FN5O/c1-26-14-18(13-23-26)16-2-3-20-17(10-16)11-19(24-25-20)12-21(28)15-4-7-27(8-5-15)9-6-22/h2-3,10-11,13-15H,4-9,12H2,1H3. The average molecular weight is 381 g/mol. The first-order valence-electron chi connectivity index (χ1n) is 9.69. The second kappa shape index (κ2) is 8.14. The van der Waals surface area contributed by atoms with Crippen molar-refractivity contribution in [3.8, 4) is 11.1 Å². The zero-order valence-electron chi connectivity index (χ0n) is 16.0. The third kappa shape index (κ3) is 4.09. The van der Waals surface area contributed by atoms with Crippen LogP contribution in [0.15, 0.2) is 36.7 Å². The van der Waals surface area contributed by atoms with E-state index in [2.05, 4.69) is 26.3 Å². The lowest BCUT2D eigenvalue weighted by molar-refractivity contribution is -0.123. The van der Waals surface area contributed by atoms with Crippen molar-refractivity contribution in [3.05, 3.63) is 42.4 Å². The molecule has 0 saturated carbocycles. The Kier molecular flexibility index (Phi) is 5.43. The molecule has 1 aliphatic rings. The fourth-order valence-electron chi connectivity index (χ4n) is 3.84. The van der Waals surface area contributed by atoms with Crippen molar-refractivity contribution in [1.82, 2.24) is 24.9 Å². The lowest BCUT2D eigenvalue weighted by Crippen LogP contribution is -2.37. The van der Waals surface area contributed by atoms with Gasteiger partial charge in [-0.05, 0) is 49.7 Å². The van der Waals surface area contributed by atoms with Crippen molar-refractivity contribution < 1.29 is 9.18 Å². The highest BCUT2D eigenvalue weighted by Crippen LogP contribution is 2.24. The van der Waals surface area contributed by atoms with Gasteiger partial charge >= 0.3 is 0 Å². The van der Waals surface area contributed by atoms with Gasteiger partial charge in [0.1, 0.15) is 12.5 Å². The summed E-state index contributed by atoms with van der Waals surface area (Å²) in [5, 5.41) is 13.7. The van der Waals surface area contributed by atoms with Crippen molar-refractivity contribution in [1.29, 1.82) is 0 Å². The number of nitrogens with zero attached hydrogens (tertiary/aromatic N) is 5. The summed E-state index contributed by atoms with van der Waals surface area (Å²) in [6.45, 7) is 1.72. The van der Waals surface area contributed by atoms with Crippen molar-refractivity contribution in [2.45, 2.75) is 19.3 Å². The Morgan fingerprint density at radius 1 is 1.18 bits per heavy atom. The van der Waals surface area contributed by atoms with Gasteiger partial charge in [0.2, 0.25) is 0 Å². The molecule has 4 rings (SSSR count). The van der Waals surface area contributed by atoms with E-state index in [9.17, 15) is 9.18 Å². The topological polar surface area (TPSA) is 63.9 Å². The Labute approximate surface area is 163 Å². The first kappa shape index (κ1) is 18.7. The van der Waals surface area contributed by atoms with Crippen LogP contribution in [0.1, 0.15) is 18.5 Å². The van der Waals surface area contributed by atoms with Gasteiger partial charge in [0.05, 0.1) is 23.8 Å². The van der Waals surface area contributed by atoms with E-state index in [1.807, 2.05) is 37.6 Å². The maximum absolute atomic E-state index is 12.7. The fraction of sp³-hybridized carbons (Fsp3) is 0.429. The Balaban J connectivity index is 1.47. The van der Waals surface area contributed by atoms with Crippen LogP contribution < -0.4 is 0 Å². The normalized spacial score (nSPS) is 15.9. The summed E-state index contributed by atoms with van der Waals surface area (Å²) in [6.07, 6.45) is 5.69. The molecule has 0 unspecified atom stereocenters. The molecule has 1 fully saturated rings. The molecule has 1 saturated heterocycles. The summed E-state index contributed by atoms with van der Waals surface area (Å²) in [5.74, 6) is 0.243. The molecule has 0 aliphatic carbocycles. The molecule has 0 bridgehead atoms. The van der Waals surface area contributed by atoms with Gasteiger partial charge in [-0.15, -0.1) is 0 Å². The summed E-state index contributed by atoms with van der Waals surface area (Å²) < 4.78 is 14.2. The van der Waals surface area contributed by atoms with Crippen molar-refractivity contribution in [3.63, 3.8) is 0 Å². The quantitative estimate of drug-likeness (QED) is 0.657. The number of halogens is 1. The molecule has 7 heteroatoms. The van der Waals surface area contributed by atoms with E-state index in [1.54, 1.807) is 4.68 Å². The SMILES string of the molecule is Cn1cc(-c2ccc3nnc(CC(=O)C4CCN(CCF)CC4)cc3c2)cn1. The maximum Gasteiger partial charge on any atom is 0.142 e. The molecule has 2 aromatic heterocycles. The second-order valence-corrected chi connectivity index (χ2v) is 7.46. The number of carbonyl (C=O) groups is 1. The molecule has 6 nitrogen and oxygen atoms in total. The van der Waals surface area contributed by atoms with E-state index in [0.29, 0.717) is 18.7 Å². The minimum Gasteiger partial charge on any atom is -0.301 e. The van der Waals surface area contributed by atoms with Crippen LogP contribution in [0.2, 0.25) is 0 Å². The number of hydrogen-bond acceptors (Lipinski definition) is 5. The van der Waals surface area contributed by atoms with Crippen LogP contribution >= 0.6 is 0 Å². The average Bonchev–Trinajstić information content (AvgIpc) is 3.14. The van der Waals surface area contributed by atoms with Crippen LogP contribution in [0.5, 0.6) is 0 Å². The molecule has 1 aromatic carbocycles. The van der Waals surface area contributed by atoms with E-state index in [1.165, 1.54) is 0 Å². The minimum absolute atomic E-state index is 0.0371. The predicted octanol–water partition coefficient (Wildman–Crippen LogP) is 2.82. The monoisotopic (exact) mass is 381 g/mol. The molecule has 3 aromatic rings.